The van der Waals surface area contributed by atoms with Crippen LogP contribution in [-0.2, 0) is 12.8 Å². The van der Waals surface area contributed by atoms with Crippen molar-refractivity contribution in [3.8, 4) is 0 Å². The van der Waals surface area contributed by atoms with Gasteiger partial charge in [-0.3, -0.25) is 0 Å². The van der Waals surface area contributed by atoms with Gasteiger partial charge in [0.1, 0.15) is 0 Å². The van der Waals surface area contributed by atoms with Gasteiger partial charge in [-0.15, -0.1) is 0 Å². The zero-order chi connectivity index (χ0) is 16.1. The van der Waals surface area contributed by atoms with Gasteiger partial charge in [0, 0.05) is 23.8 Å². The third kappa shape index (κ3) is 2.77. The summed E-state index contributed by atoms with van der Waals surface area (Å²) in [7, 11) is 0. The fraction of sp³-hybridized carbons (Fsp3) is 0.727. The number of anilines is 1. The molecule has 4 fully saturated rings. The van der Waals surface area contributed by atoms with E-state index >= 15 is 0 Å². The highest BCUT2D eigenvalue weighted by Crippen LogP contribution is 2.55. The van der Waals surface area contributed by atoms with E-state index < -0.39 is 0 Å². The maximum absolute atomic E-state index is 4.14. The number of fused-ring (bicyclic) bond motifs is 1. The summed E-state index contributed by atoms with van der Waals surface area (Å²) in [5.41, 5.74) is 4.90. The summed E-state index contributed by atoms with van der Waals surface area (Å²) < 4.78 is 0. The standard InChI is InChI=1S/C22H32N2/c1-15(7-16-4-5-21-20(11-16)3-2-6-23-21)24-22-12-17-8-18(13-22)10-19(9-17)14-22/h4-5,11,15,17-19,23-24H,2-3,6-10,12-14H2,1H3. The number of hydrogen-bond donors (Lipinski definition) is 2. The smallest absolute Gasteiger partial charge is 0.0372 e. The summed E-state index contributed by atoms with van der Waals surface area (Å²) >= 11 is 0. The van der Waals surface area contributed by atoms with Crippen LogP contribution in [0, 0.1) is 17.8 Å². The molecule has 2 heteroatoms. The van der Waals surface area contributed by atoms with Gasteiger partial charge in [-0.1, -0.05) is 12.1 Å². The predicted molar refractivity (Wildman–Crippen MR) is 100 cm³/mol. The van der Waals surface area contributed by atoms with Crippen LogP contribution >= 0.6 is 0 Å². The van der Waals surface area contributed by atoms with E-state index in [-0.39, 0.29) is 0 Å². The molecule has 1 unspecified atom stereocenters. The molecule has 4 saturated carbocycles. The molecule has 1 atom stereocenters. The molecule has 0 saturated heterocycles. The molecule has 24 heavy (non-hydrogen) atoms. The molecule has 2 N–H and O–H groups in total. The second-order valence-electron chi connectivity index (χ2n) is 9.47. The van der Waals surface area contributed by atoms with E-state index in [1.807, 2.05) is 0 Å². The molecule has 2 nitrogen and oxygen atoms in total. The molecule has 4 bridgehead atoms. The Morgan fingerprint density at radius 3 is 2.54 bits per heavy atom. The van der Waals surface area contributed by atoms with Crippen LogP contribution in [0.1, 0.15) is 63.0 Å². The Morgan fingerprint density at radius 2 is 1.83 bits per heavy atom. The minimum atomic E-state index is 0.490. The summed E-state index contributed by atoms with van der Waals surface area (Å²) in [6, 6.07) is 7.70. The molecule has 130 valence electrons. The first kappa shape index (κ1) is 15.3. The Kier molecular flexibility index (Phi) is 3.66. The first-order valence-corrected chi connectivity index (χ1v) is 10.3. The van der Waals surface area contributed by atoms with Crippen molar-refractivity contribution in [1.29, 1.82) is 0 Å². The van der Waals surface area contributed by atoms with Crippen LogP contribution in [0.3, 0.4) is 0 Å². The Bertz CT molecular complexity index is 585. The summed E-state index contributed by atoms with van der Waals surface area (Å²) in [5.74, 6) is 3.10. The fourth-order valence-electron chi connectivity index (χ4n) is 6.87. The number of nitrogens with one attached hydrogen (secondary N) is 2. The highest BCUT2D eigenvalue weighted by atomic mass is 15.0. The maximum Gasteiger partial charge on any atom is 0.0372 e. The largest absolute Gasteiger partial charge is 0.385 e. The second kappa shape index (κ2) is 5.76. The van der Waals surface area contributed by atoms with Crippen LogP contribution in [0.4, 0.5) is 5.69 Å². The minimum absolute atomic E-state index is 0.490. The van der Waals surface area contributed by atoms with Crippen molar-refractivity contribution >= 4 is 5.69 Å². The Balaban J connectivity index is 1.27. The Labute approximate surface area is 146 Å². The molecule has 0 amide bonds. The fourth-order valence-corrected chi connectivity index (χ4v) is 6.87. The zero-order valence-electron chi connectivity index (χ0n) is 15.1. The average molecular weight is 325 g/mol. The van der Waals surface area contributed by atoms with Gasteiger partial charge in [0.25, 0.3) is 0 Å². The van der Waals surface area contributed by atoms with Gasteiger partial charge >= 0.3 is 0 Å². The highest BCUT2D eigenvalue weighted by Gasteiger charge is 2.50. The summed E-state index contributed by atoms with van der Waals surface area (Å²) in [6.45, 7) is 3.55. The quantitative estimate of drug-likeness (QED) is 0.850. The van der Waals surface area contributed by atoms with Gasteiger partial charge in [0.2, 0.25) is 0 Å². The van der Waals surface area contributed by atoms with Crippen LogP contribution in [0.2, 0.25) is 0 Å². The number of aryl methyl sites for hydroxylation is 1. The van der Waals surface area contributed by atoms with Crippen molar-refractivity contribution < 1.29 is 0 Å². The molecule has 4 aliphatic carbocycles. The van der Waals surface area contributed by atoms with Crippen LogP contribution in [0.5, 0.6) is 0 Å². The lowest BCUT2D eigenvalue weighted by atomic mass is 9.53. The average Bonchev–Trinajstić information content (AvgIpc) is 2.52. The van der Waals surface area contributed by atoms with Gasteiger partial charge < -0.3 is 10.6 Å². The Hall–Kier alpha value is -1.02. The molecule has 1 aromatic carbocycles. The summed E-state index contributed by atoms with van der Waals surface area (Å²) in [4.78, 5) is 0. The van der Waals surface area contributed by atoms with Gasteiger partial charge in [-0.25, -0.2) is 0 Å². The van der Waals surface area contributed by atoms with E-state index in [9.17, 15) is 0 Å². The molecule has 1 heterocycles. The number of benzene rings is 1. The van der Waals surface area contributed by atoms with Crippen molar-refractivity contribution in [1.82, 2.24) is 5.32 Å². The minimum Gasteiger partial charge on any atom is -0.385 e. The third-order valence-electron chi connectivity index (χ3n) is 7.24. The summed E-state index contributed by atoms with van der Waals surface area (Å²) in [5, 5.41) is 7.67. The van der Waals surface area contributed by atoms with Crippen molar-refractivity contribution in [3.05, 3.63) is 29.3 Å². The summed E-state index contributed by atoms with van der Waals surface area (Å²) in [6.07, 6.45) is 12.7. The van der Waals surface area contributed by atoms with Crippen LogP contribution < -0.4 is 10.6 Å². The topological polar surface area (TPSA) is 24.1 Å². The monoisotopic (exact) mass is 324 g/mol. The Morgan fingerprint density at radius 1 is 1.12 bits per heavy atom. The van der Waals surface area contributed by atoms with E-state index in [4.69, 9.17) is 0 Å². The lowest BCUT2D eigenvalue weighted by molar-refractivity contribution is -0.0242. The molecule has 0 radical (unpaired) electrons. The number of rotatable bonds is 4. The first-order chi connectivity index (χ1) is 11.7. The molecular formula is C22H32N2. The zero-order valence-corrected chi connectivity index (χ0v) is 15.1. The second-order valence-corrected chi connectivity index (χ2v) is 9.47. The van der Waals surface area contributed by atoms with Crippen LogP contribution in [0.25, 0.3) is 0 Å². The molecule has 5 aliphatic rings. The van der Waals surface area contributed by atoms with Gasteiger partial charge in [0.15, 0.2) is 0 Å². The molecule has 0 spiro atoms. The van der Waals surface area contributed by atoms with Crippen molar-refractivity contribution in [2.75, 3.05) is 11.9 Å². The molecule has 6 rings (SSSR count). The lowest BCUT2D eigenvalue weighted by Crippen LogP contribution is -2.60. The van der Waals surface area contributed by atoms with Crippen LogP contribution in [0.15, 0.2) is 18.2 Å². The van der Waals surface area contributed by atoms with E-state index in [0.29, 0.717) is 11.6 Å². The molecular weight excluding hydrogens is 292 g/mol. The van der Waals surface area contributed by atoms with E-state index in [1.165, 1.54) is 74.6 Å². The highest BCUT2D eigenvalue weighted by molar-refractivity contribution is 5.54. The van der Waals surface area contributed by atoms with Gasteiger partial charge in [-0.05, 0) is 99.7 Å². The van der Waals surface area contributed by atoms with E-state index in [2.05, 4.69) is 35.8 Å². The van der Waals surface area contributed by atoms with Crippen molar-refractivity contribution in [2.45, 2.75) is 76.3 Å². The van der Waals surface area contributed by atoms with Gasteiger partial charge in [-0.2, -0.15) is 0 Å². The van der Waals surface area contributed by atoms with Crippen molar-refractivity contribution in [3.63, 3.8) is 0 Å². The molecule has 0 aromatic heterocycles. The van der Waals surface area contributed by atoms with Crippen LogP contribution in [-0.4, -0.2) is 18.1 Å². The first-order valence-electron chi connectivity index (χ1n) is 10.3. The SMILES string of the molecule is CC(Cc1ccc2c(c1)CCCN2)NC12CC3CC(CC(C3)C1)C2. The number of hydrogen-bond acceptors (Lipinski definition) is 2. The van der Waals surface area contributed by atoms with Gasteiger partial charge in [0.05, 0.1) is 0 Å². The molecule has 1 aliphatic heterocycles. The maximum atomic E-state index is 4.14. The normalized spacial score (nSPS) is 37.8. The lowest BCUT2D eigenvalue weighted by Gasteiger charge is -2.58. The predicted octanol–water partition coefficient (Wildman–Crippen LogP) is 4.53. The van der Waals surface area contributed by atoms with E-state index in [1.54, 1.807) is 0 Å². The van der Waals surface area contributed by atoms with E-state index in [0.717, 1.165) is 24.3 Å². The molecule has 1 aromatic rings. The third-order valence-corrected chi connectivity index (χ3v) is 7.24. The van der Waals surface area contributed by atoms with Crippen molar-refractivity contribution in [2.24, 2.45) is 17.8 Å².